The fourth-order valence-corrected chi connectivity index (χ4v) is 0.959. The van der Waals surface area contributed by atoms with Gasteiger partial charge in [-0.2, -0.15) is 0 Å². The van der Waals surface area contributed by atoms with Crippen LogP contribution in [0.5, 0.6) is 5.75 Å². The molecule has 3 heteroatoms. The second-order valence-electron chi connectivity index (χ2n) is 3.23. The van der Waals surface area contributed by atoms with E-state index >= 15 is 0 Å². The van der Waals surface area contributed by atoms with Gasteiger partial charge in [-0.1, -0.05) is 11.3 Å². The first kappa shape index (κ1) is 9.86. The highest BCUT2D eigenvalue weighted by Gasteiger charge is 1.96. The standard InChI is InChI=1S/C10H15NOSi/c1-7(8(2)13)12-10-5-3-4-9(11)6-10/h3-6H,11H2,1-2,13H3. The van der Waals surface area contributed by atoms with Gasteiger partial charge in [-0.05, 0) is 26.0 Å². The highest BCUT2D eigenvalue weighted by molar-refractivity contribution is 6.21. The summed E-state index contributed by atoms with van der Waals surface area (Å²) < 4.78 is 5.59. The molecular weight excluding hydrogens is 178 g/mol. The highest BCUT2D eigenvalue weighted by Crippen LogP contribution is 2.17. The summed E-state index contributed by atoms with van der Waals surface area (Å²) in [5.41, 5.74) is 6.36. The zero-order valence-electron chi connectivity index (χ0n) is 8.29. The summed E-state index contributed by atoms with van der Waals surface area (Å²) in [6, 6.07) is 7.47. The van der Waals surface area contributed by atoms with E-state index in [1.54, 1.807) is 0 Å². The maximum Gasteiger partial charge on any atom is 0.128 e. The Morgan fingerprint density at radius 3 is 2.62 bits per heavy atom. The van der Waals surface area contributed by atoms with Crippen molar-refractivity contribution in [1.82, 2.24) is 0 Å². The largest absolute Gasteiger partial charge is 0.462 e. The number of rotatable bonds is 2. The average Bonchev–Trinajstić information content (AvgIpc) is 2.04. The summed E-state index contributed by atoms with van der Waals surface area (Å²) >= 11 is 0. The molecule has 0 saturated heterocycles. The lowest BCUT2D eigenvalue weighted by molar-refractivity contribution is 0.425. The minimum absolute atomic E-state index is 0.733. The molecule has 1 rings (SSSR count). The lowest BCUT2D eigenvalue weighted by Crippen LogP contribution is -1.95. The Hall–Kier alpha value is -1.22. The summed E-state index contributed by atoms with van der Waals surface area (Å²) in [4.78, 5) is 0. The van der Waals surface area contributed by atoms with Gasteiger partial charge in [-0.15, -0.1) is 0 Å². The average molecular weight is 193 g/mol. The molecule has 2 nitrogen and oxygen atoms in total. The normalized spacial score (nSPS) is 12.5. The molecule has 0 aliphatic carbocycles. The van der Waals surface area contributed by atoms with E-state index < -0.39 is 0 Å². The van der Waals surface area contributed by atoms with Crippen molar-refractivity contribution in [3.8, 4) is 5.75 Å². The van der Waals surface area contributed by atoms with Crippen LogP contribution in [0.4, 0.5) is 5.69 Å². The molecule has 0 atom stereocenters. The summed E-state index contributed by atoms with van der Waals surface area (Å²) in [6.45, 7) is 4.05. The second-order valence-corrected chi connectivity index (χ2v) is 4.73. The number of anilines is 1. The summed E-state index contributed by atoms with van der Waals surface area (Å²) in [6.07, 6.45) is 0. The van der Waals surface area contributed by atoms with Crippen molar-refractivity contribution >= 4 is 15.9 Å². The molecule has 0 saturated carbocycles. The van der Waals surface area contributed by atoms with E-state index in [1.165, 1.54) is 5.20 Å². The van der Waals surface area contributed by atoms with Gasteiger partial charge in [0.15, 0.2) is 0 Å². The number of benzene rings is 1. The summed E-state index contributed by atoms with van der Waals surface area (Å²) in [5.74, 6) is 1.80. The van der Waals surface area contributed by atoms with Gasteiger partial charge < -0.3 is 10.5 Å². The van der Waals surface area contributed by atoms with E-state index in [0.29, 0.717) is 0 Å². The zero-order chi connectivity index (χ0) is 9.84. The molecule has 0 heterocycles. The smallest absolute Gasteiger partial charge is 0.128 e. The Kier molecular flexibility index (Phi) is 3.14. The third kappa shape index (κ3) is 2.95. The zero-order valence-corrected chi connectivity index (χ0v) is 10.3. The van der Waals surface area contributed by atoms with Crippen molar-refractivity contribution in [1.29, 1.82) is 0 Å². The van der Waals surface area contributed by atoms with Crippen LogP contribution in [-0.2, 0) is 0 Å². The van der Waals surface area contributed by atoms with Crippen LogP contribution < -0.4 is 10.5 Å². The molecule has 13 heavy (non-hydrogen) atoms. The Labute approximate surface area is 81.8 Å². The van der Waals surface area contributed by atoms with Gasteiger partial charge in [-0.3, -0.25) is 0 Å². The Bertz CT molecular complexity index is 329. The van der Waals surface area contributed by atoms with Gasteiger partial charge in [0.25, 0.3) is 0 Å². The molecule has 2 N–H and O–H groups in total. The van der Waals surface area contributed by atoms with Gasteiger partial charge in [-0.25, -0.2) is 0 Å². The van der Waals surface area contributed by atoms with Crippen LogP contribution >= 0.6 is 0 Å². The molecule has 70 valence electrons. The first-order valence-electron chi connectivity index (χ1n) is 4.27. The van der Waals surface area contributed by atoms with Crippen molar-refractivity contribution in [3.63, 3.8) is 0 Å². The first-order chi connectivity index (χ1) is 6.09. The van der Waals surface area contributed by atoms with Gasteiger partial charge >= 0.3 is 0 Å². The van der Waals surface area contributed by atoms with E-state index in [2.05, 4.69) is 6.92 Å². The van der Waals surface area contributed by atoms with Crippen LogP contribution in [-0.4, -0.2) is 10.2 Å². The third-order valence-corrected chi connectivity index (χ3v) is 2.54. The Morgan fingerprint density at radius 1 is 1.38 bits per heavy atom. The molecule has 0 amide bonds. The predicted molar refractivity (Wildman–Crippen MR) is 59.8 cm³/mol. The lowest BCUT2D eigenvalue weighted by Gasteiger charge is -2.07. The second kappa shape index (κ2) is 4.14. The number of ether oxygens (including phenoxy) is 1. The van der Waals surface area contributed by atoms with Crippen molar-refractivity contribution in [2.45, 2.75) is 13.8 Å². The van der Waals surface area contributed by atoms with Gasteiger partial charge in [0.1, 0.15) is 5.75 Å². The number of hydrogen-bond donors (Lipinski definition) is 1. The minimum atomic E-state index is 0.733. The lowest BCUT2D eigenvalue weighted by atomic mass is 10.3. The van der Waals surface area contributed by atoms with E-state index in [9.17, 15) is 0 Å². The van der Waals surface area contributed by atoms with Crippen LogP contribution in [0, 0.1) is 0 Å². The maximum absolute atomic E-state index is 5.62. The van der Waals surface area contributed by atoms with E-state index in [-0.39, 0.29) is 0 Å². The fourth-order valence-electron chi connectivity index (χ4n) is 0.857. The Balaban J connectivity index is 2.81. The van der Waals surface area contributed by atoms with Gasteiger partial charge in [0, 0.05) is 22.0 Å². The number of nitrogens with two attached hydrogens (primary N) is 1. The van der Waals surface area contributed by atoms with Crippen molar-refractivity contribution in [2.24, 2.45) is 0 Å². The highest BCUT2D eigenvalue weighted by atomic mass is 28.1. The van der Waals surface area contributed by atoms with Crippen LogP contribution in [0.2, 0.25) is 0 Å². The minimum Gasteiger partial charge on any atom is -0.462 e. The number of allylic oxidation sites excluding steroid dienone is 2. The monoisotopic (exact) mass is 193 g/mol. The van der Waals surface area contributed by atoms with E-state index in [4.69, 9.17) is 10.5 Å². The topological polar surface area (TPSA) is 35.2 Å². The van der Waals surface area contributed by atoms with Crippen LogP contribution in [0.1, 0.15) is 13.8 Å². The molecule has 0 aliphatic rings. The summed E-state index contributed by atoms with van der Waals surface area (Å²) in [7, 11) is 1.04. The summed E-state index contributed by atoms with van der Waals surface area (Å²) in [5, 5.41) is 1.31. The van der Waals surface area contributed by atoms with Crippen molar-refractivity contribution in [2.75, 3.05) is 5.73 Å². The van der Waals surface area contributed by atoms with E-state index in [0.717, 1.165) is 27.4 Å². The van der Waals surface area contributed by atoms with E-state index in [1.807, 2.05) is 31.2 Å². The van der Waals surface area contributed by atoms with Crippen LogP contribution in [0.15, 0.2) is 35.2 Å². The molecule has 0 fully saturated rings. The van der Waals surface area contributed by atoms with Crippen molar-refractivity contribution < 1.29 is 4.74 Å². The number of hydrogen-bond acceptors (Lipinski definition) is 2. The van der Waals surface area contributed by atoms with Crippen molar-refractivity contribution in [3.05, 3.63) is 35.2 Å². The van der Waals surface area contributed by atoms with Gasteiger partial charge in [0.2, 0.25) is 0 Å². The third-order valence-electron chi connectivity index (χ3n) is 1.83. The Morgan fingerprint density at radius 2 is 2.08 bits per heavy atom. The molecular formula is C10H15NOSi. The molecule has 1 aromatic carbocycles. The van der Waals surface area contributed by atoms with Crippen LogP contribution in [0.25, 0.3) is 0 Å². The molecule has 0 aliphatic heterocycles. The van der Waals surface area contributed by atoms with Crippen LogP contribution in [0.3, 0.4) is 0 Å². The molecule has 0 bridgehead atoms. The SMILES string of the molecule is CC([SiH3])=C(C)Oc1cccc(N)c1. The fraction of sp³-hybridized carbons (Fsp3) is 0.200. The maximum atomic E-state index is 5.62. The molecule has 0 spiro atoms. The molecule has 0 unspecified atom stereocenters. The number of nitrogen functional groups attached to an aromatic ring is 1. The molecule has 0 radical (unpaired) electrons. The molecule has 1 aromatic rings. The quantitative estimate of drug-likeness (QED) is 0.436. The van der Waals surface area contributed by atoms with Gasteiger partial charge in [0.05, 0.1) is 5.76 Å². The first-order valence-corrected chi connectivity index (χ1v) is 5.27. The predicted octanol–water partition coefficient (Wildman–Crippen LogP) is 1.26. The molecule has 0 aromatic heterocycles.